The second-order valence-corrected chi connectivity index (χ2v) is 6.62. The van der Waals surface area contributed by atoms with E-state index in [0.717, 1.165) is 24.2 Å². The molecule has 0 radical (unpaired) electrons. The van der Waals surface area contributed by atoms with Crippen LogP contribution in [-0.2, 0) is 0 Å². The van der Waals surface area contributed by atoms with Gasteiger partial charge in [0, 0.05) is 24.2 Å². The first-order valence-corrected chi connectivity index (χ1v) is 7.32. The fraction of sp³-hybridized carbons (Fsp3) is 0.562. The second-order valence-electron chi connectivity index (χ2n) is 6.21. The molecule has 2 rings (SSSR count). The third-order valence-electron chi connectivity index (χ3n) is 4.38. The molecular weight excluding hydrogens is 272 g/mol. The molecule has 1 aliphatic rings. The van der Waals surface area contributed by atoms with Crippen LogP contribution in [0.1, 0.15) is 38.3 Å². The van der Waals surface area contributed by atoms with Crippen LogP contribution < -0.4 is 4.90 Å². The van der Waals surface area contributed by atoms with Crippen molar-refractivity contribution in [1.29, 1.82) is 5.26 Å². The highest BCUT2D eigenvalue weighted by atomic mass is 35.5. The molecule has 1 heterocycles. The van der Waals surface area contributed by atoms with Gasteiger partial charge in [-0.15, -0.1) is 0 Å². The molecule has 1 N–H and O–H groups in total. The molecule has 3 nitrogen and oxygen atoms in total. The zero-order valence-electron chi connectivity index (χ0n) is 12.4. The average molecular weight is 293 g/mol. The van der Waals surface area contributed by atoms with Crippen molar-refractivity contribution < 1.29 is 5.11 Å². The van der Waals surface area contributed by atoms with Crippen molar-refractivity contribution in [1.82, 2.24) is 0 Å². The molecule has 1 saturated heterocycles. The van der Waals surface area contributed by atoms with Crippen LogP contribution in [0.3, 0.4) is 0 Å². The zero-order chi connectivity index (χ0) is 15.1. The van der Waals surface area contributed by atoms with Crippen LogP contribution in [0.25, 0.3) is 0 Å². The smallest absolute Gasteiger partial charge is 0.101 e. The van der Waals surface area contributed by atoms with Crippen molar-refractivity contribution in [2.75, 3.05) is 11.4 Å². The summed E-state index contributed by atoms with van der Waals surface area (Å²) in [5.41, 5.74) is 1.94. The summed E-state index contributed by atoms with van der Waals surface area (Å²) >= 11 is 6.16. The molecule has 2 unspecified atom stereocenters. The van der Waals surface area contributed by atoms with Gasteiger partial charge in [0.1, 0.15) is 6.07 Å². The monoisotopic (exact) mass is 292 g/mol. The summed E-state index contributed by atoms with van der Waals surface area (Å²) in [5.74, 6) is 0.233. The van der Waals surface area contributed by atoms with Crippen molar-refractivity contribution in [3.8, 4) is 6.07 Å². The van der Waals surface area contributed by atoms with E-state index in [-0.39, 0.29) is 12.0 Å². The predicted molar refractivity (Wildman–Crippen MR) is 82.1 cm³/mol. The first kappa shape index (κ1) is 15.2. The van der Waals surface area contributed by atoms with Gasteiger partial charge in [-0.3, -0.25) is 0 Å². The van der Waals surface area contributed by atoms with Gasteiger partial charge in [-0.05, 0) is 51.8 Å². The Hall–Kier alpha value is -1.24. The Bertz CT molecular complexity index is 557. The largest absolute Gasteiger partial charge is 0.390 e. The Kier molecular flexibility index (Phi) is 4.00. The van der Waals surface area contributed by atoms with Gasteiger partial charge in [0.05, 0.1) is 16.2 Å². The Morgan fingerprint density at radius 2 is 2.10 bits per heavy atom. The number of nitrogens with zero attached hydrogens (tertiary/aromatic N) is 2. The highest BCUT2D eigenvalue weighted by Crippen LogP contribution is 2.38. The minimum absolute atomic E-state index is 0.233. The maximum Gasteiger partial charge on any atom is 0.101 e. The normalized spacial score (nSPS) is 22.9. The molecule has 0 spiro atoms. The van der Waals surface area contributed by atoms with Gasteiger partial charge in [0.2, 0.25) is 0 Å². The molecule has 4 heteroatoms. The number of benzene rings is 1. The van der Waals surface area contributed by atoms with Crippen molar-refractivity contribution in [2.24, 2.45) is 5.92 Å². The van der Waals surface area contributed by atoms with E-state index in [4.69, 9.17) is 16.9 Å². The lowest BCUT2D eigenvalue weighted by atomic mass is 9.85. The molecule has 0 aliphatic carbocycles. The summed E-state index contributed by atoms with van der Waals surface area (Å²) in [7, 11) is 0. The highest BCUT2D eigenvalue weighted by Gasteiger charge is 2.40. The van der Waals surface area contributed by atoms with E-state index in [0.29, 0.717) is 10.6 Å². The van der Waals surface area contributed by atoms with E-state index in [1.807, 2.05) is 32.9 Å². The van der Waals surface area contributed by atoms with E-state index >= 15 is 0 Å². The number of anilines is 1. The molecule has 0 amide bonds. The molecule has 1 aromatic rings. The van der Waals surface area contributed by atoms with E-state index in [9.17, 15) is 5.11 Å². The van der Waals surface area contributed by atoms with E-state index in [1.54, 1.807) is 0 Å². The van der Waals surface area contributed by atoms with Crippen LogP contribution in [0, 0.1) is 24.2 Å². The quantitative estimate of drug-likeness (QED) is 0.907. The minimum atomic E-state index is -0.682. The minimum Gasteiger partial charge on any atom is -0.390 e. The van der Waals surface area contributed by atoms with Crippen LogP contribution in [0.4, 0.5) is 5.69 Å². The number of hydrogen-bond acceptors (Lipinski definition) is 3. The van der Waals surface area contributed by atoms with Crippen molar-refractivity contribution >= 4 is 17.3 Å². The lowest BCUT2D eigenvalue weighted by Gasteiger charge is -2.33. The summed E-state index contributed by atoms with van der Waals surface area (Å²) < 4.78 is 0. The standard InChI is InChI=1S/C16H21ClN2O/c1-10-7-12(9-18)14(17)8-15(10)19-6-5-13(11(19)2)16(3,4)20/h7-8,11,13,20H,5-6H2,1-4H3. The fourth-order valence-electron chi connectivity index (χ4n) is 3.29. The topological polar surface area (TPSA) is 47.3 Å². The molecule has 108 valence electrons. The maximum absolute atomic E-state index is 10.3. The summed E-state index contributed by atoms with van der Waals surface area (Å²) in [4.78, 5) is 2.28. The van der Waals surface area contributed by atoms with Crippen LogP contribution in [-0.4, -0.2) is 23.3 Å². The van der Waals surface area contributed by atoms with E-state index in [1.165, 1.54) is 0 Å². The molecule has 0 aromatic heterocycles. The van der Waals surface area contributed by atoms with Crippen molar-refractivity contribution in [2.45, 2.75) is 45.8 Å². The number of rotatable bonds is 2. The molecule has 0 saturated carbocycles. The van der Waals surface area contributed by atoms with Crippen LogP contribution in [0.2, 0.25) is 5.02 Å². The van der Waals surface area contributed by atoms with Crippen LogP contribution >= 0.6 is 11.6 Å². The third-order valence-corrected chi connectivity index (χ3v) is 4.69. The Morgan fingerprint density at radius 3 is 2.60 bits per heavy atom. The summed E-state index contributed by atoms with van der Waals surface area (Å²) in [6, 6.07) is 6.06. The van der Waals surface area contributed by atoms with Crippen molar-refractivity contribution in [3.63, 3.8) is 0 Å². The summed E-state index contributed by atoms with van der Waals surface area (Å²) in [5, 5.41) is 19.8. The average Bonchev–Trinajstić information content (AvgIpc) is 2.73. The van der Waals surface area contributed by atoms with E-state index < -0.39 is 5.60 Å². The first-order chi connectivity index (χ1) is 9.25. The number of hydrogen-bond donors (Lipinski definition) is 1. The molecule has 2 atom stereocenters. The molecule has 1 aliphatic heterocycles. The number of halogens is 1. The van der Waals surface area contributed by atoms with Gasteiger partial charge >= 0.3 is 0 Å². The Labute approximate surface area is 125 Å². The zero-order valence-corrected chi connectivity index (χ0v) is 13.2. The summed E-state index contributed by atoms with van der Waals surface area (Å²) in [6.07, 6.45) is 0.960. The van der Waals surface area contributed by atoms with Gasteiger partial charge in [0.25, 0.3) is 0 Å². The maximum atomic E-state index is 10.3. The predicted octanol–water partition coefficient (Wildman–Crippen LogP) is 3.51. The lowest BCUT2D eigenvalue weighted by molar-refractivity contribution is 0.0156. The van der Waals surface area contributed by atoms with Gasteiger partial charge in [-0.25, -0.2) is 0 Å². The fourth-order valence-corrected chi connectivity index (χ4v) is 3.49. The van der Waals surface area contributed by atoms with Crippen LogP contribution in [0.5, 0.6) is 0 Å². The molecule has 20 heavy (non-hydrogen) atoms. The molecule has 1 fully saturated rings. The highest BCUT2D eigenvalue weighted by molar-refractivity contribution is 6.32. The molecule has 0 bridgehead atoms. The SMILES string of the molecule is Cc1cc(C#N)c(Cl)cc1N1CCC(C(C)(C)O)C1C. The number of nitriles is 1. The lowest BCUT2D eigenvalue weighted by Crippen LogP contribution is -2.40. The van der Waals surface area contributed by atoms with Gasteiger partial charge in [-0.1, -0.05) is 11.6 Å². The van der Waals surface area contributed by atoms with Crippen LogP contribution in [0.15, 0.2) is 12.1 Å². The second kappa shape index (κ2) is 5.27. The van der Waals surface area contributed by atoms with Gasteiger partial charge in [0.15, 0.2) is 0 Å². The number of aryl methyl sites for hydroxylation is 1. The first-order valence-electron chi connectivity index (χ1n) is 6.95. The molecule has 1 aromatic carbocycles. The van der Waals surface area contributed by atoms with Gasteiger partial charge < -0.3 is 10.0 Å². The van der Waals surface area contributed by atoms with Gasteiger partial charge in [-0.2, -0.15) is 5.26 Å². The Morgan fingerprint density at radius 1 is 1.45 bits per heavy atom. The third kappa shape index (κ3) is 2.63. The van der Waals surface area contributed by atoms with Crippen molar-refractivity contribution in [3.05, 3.63) is 28.3 Å². The summed E-state index contributed by atoms with van der Waals surface area (Å²) in [6.45, 7) is 8.78. The van der Waals surface area contributed by atoms with E-state index in [2.05, 4.69) is 17.9 Å². The Balaban J connectivity index is 2.35. The molecular formula is C16H21ClN2O. The number of aliphatic hydroxyl groups is 1.